The maximum Gasteiger partial charge on any atom is 0.274 e. The molecule has 1 fully saturated rings. The SMILES string of the molecule is CN=C1NC(=O)C(=Cc2ccc(-c3ccc([N+](=O)[O-])cc3)o2)N1. The third kappa shape index (κ3) is 2.95. The molecular formula is C15H12N4O4. The van der Waals surface area contributed by atoms with Gasteiger partial charge in [0.2, 0.25) is 5.96 Å². The van der Waals surface area contributed by atoms with E-state index in [9.17, 15) is 14.9 Å². The lowest BCUT2D eigenvalue weighted by molar-refractivity contribution is -0.384. The minimum Gasteiger partial charge on any atom is -0.457 e. The van der Waals surface area contributed by atoms with Gasteiger partial charge in [-0.3, -0.25) is 25.2 Å². The molecule has 1 aliphatic heterocycles. The summed E-state index contributed by atoms with van der Waals surface area (Å²) in [6.45, 7) is 0. The van der Waals surface area contributed by atoms with E-state index in [1.807, 2.05) is 0 Å². The first-order valence-electron chi connectivity index (χ1n) is 6.68. The van der Waals surface area contributed by atoms with Gasteiger partial charge in [-0.1, -0.05) is 0 Å². The lowest BCUT2D eigenvalue weighted by atomic mass is 10.1. The molecule has 2 heterocycles. The van der Waals surface area contributed by atoms with Crippen molar-refractivity contribution in [3.05, 3.63) is 58.0 Å². The summed E-state index contributed by atoms with van der Waals surface area (Å²) in [7, 11) is 1.56. The van der Waals surface area contributed by atoms with Crippen LogP contribution in [-0.2, 0) is 4.79 Å². The van der Waals surface area contributed by atoms with E-state index in [0.29, 0.717) is 28.7 Å². The molecule has 2 aromatic rings. The summed E-state index contributed by atoms with van der Waals surface area (Å²) in [6.07, 6.45) is 1.56. The van der Waals surface area contributed by atoms with Crippen molar-refractivity contribution in [1.82, 2.24) is 10.6 Å². The summed E-state index contributed by atoms with van der Waals surface area (Å²) >= 11 is 0. The van der Waals surface area contributed by atoms with Crippen molar-refractivity contribution < 1.29 is 14.1 Å². The van der Waals surface area contributed by atoms with Crippen LogP contribution in [0.25, 0.3) is 17.4 Å². The Morgan fingerprint density at radius 1 is 1.17 bits per heavy atom. The molecule has 1 saturated heterocycles. The number of non-ortho nitro benzene ring substituents is 1. The van der Waals surface area contributed by atoms with Crippen molar-refractivity contribution in [2.45, 2.75) is 0 Å². The van der Waals surface area contributed by atoms with E-state index >= 15 is 0 Å². The number of amides is 1. The number of nitrogens with one attached hydrogen (secondary N) is 2. The van der Waals surface area contributed by atoms with Gasteiger partial charge in [0.15, 0.2) is 0 Å². The number of carbonyl (C=O) groups excluding carboxylic acids is 1. The Hall–Kier alpha value is -3.42. The van der Waals surface area contributed by atoms with Gasteiger partial charge in [-0.15, -0.1) is 0 Å². The van der Waals surface area contributed by atoms with Crippen molar-refractivity contribution >= 4 is 23.6 Å². The van der Waals surface area contributed by atoms with Crippen LogP contribution in [0.15, 0.2) is 51.5 Å². The Bertz CT molecular complexity index is 833. The minimum atomic E-state index is -0.459. The molecule has 3 rings (SSSR count). The molecule has 116 valence electrons. The lowest BCUT2D eigenvalue weighted by Gasteiger charge is -1.97. The average molecular weight is 312 g/mol. The molecule has 0 bridgehead atoms. The molecule has 2 N–H and O–H groups in total. The van der Waals surface area contributed by atoms with Crippen molar-refractivity contribution in [3.8, 4) is 11.3 Å². The first-order valence-corrected chi connectivity index (χ1v) is 6.68. The second-order valence-corrected chi connectivity index (χ2v) is 4.72. The number of hydrogen-bond acceptors (Lipinski definition) is 5. The van der Waals surface area contributed by atoms with E-state index in [0.717, 1.165) is 0 Å². The van der Waals surface area contributed by atoms with Crippen LogP contribution in [0.5, 0.6) is 0 Å². The van der Waals surface area contributed by atoms with E-state index in [-0.39, 0.29) is 11.6 Å². The predicted molar refractivity (Wildman–Crippen MR) is 83.4 cm³/mol. The quantitative estimate of drug-likeness (QED) is 0.511. The van der Waals surface area contributed by atoms with Crippen LogP contribution in [0.2, 0.25) is 0 Å². The molecule has 0 unspecified atom stereocenters. The van der Waals surface area contributed by atoms with Crippen LogP contribution in [0, 0.1) is 10.1 Å². The maximum absolute atomic E-state index is 11.7. The fraction of sp³-hybridized carbons (Fsp3) is 0.0667. The standard InChI is InChI=1S/C15H12N4O4/c1-16-15-17-12(14(20)18-15)8-11-6-7-13(23-11)9-2-4-10(5-3-9)19(21)22/h2-8H,1H3,(H2,16,17,18,20). The molecule has 1 amide bonds. The smallest absolute Gasteiger partial charge is 0.274 e. The molecule has 1 aliphatic rings. The number of hydrogen-bond donors (Lipinski definition) is 2. The van der Waals surface area contributed by atoms with Gasteiger partial charge in [0.25, 0.3) is 11.6 Å². The predicted octanol–water partition coefficient (Wildman–Crippen LogP) is 1.90. The van der Waals surface area contributed by atoms with Crippen LogP contribution in [0.4, 0.5) is 5.69 Å². The molecule has 0 aliphatic carbocycles. The Balaban J connectivity index is 1.83. The van der Waals surface area contributed by atoms with Gasteiger partial charge in [-0.2, -0.15) is 0 Å². The van der Waals surface area contributed by atoms with Gasteiger partial charge >= 0.3 is 0 Å². The normalized spacial score (nSPS) is 17.3. The number of benzene rings is 1. The first kappa shape index (κ1) is 14.5. The van der Waals surface area contributed by atoms with Crippen molar-refractivity contribution in [3.63, 3.8) is 0 Å². The zero-order chi connectivity index (χ0) is 16.4. The van der Waals surface area contributed by atoms with Crippen molar-refractivity contribution in [1.29, 1.82) is 0 Å². The minimum absolute atomic E-state index is 0.0147. The summed E-state index contributed by atoms with van der Waals surface area (Å²) in [4.78, 5) is 25.7. The molecule has 0 saturated carbocycles. The van der Waals surface area contributed by atoms with E-state index in [4.69, 9.17) is 4.42 Å². The molecule has 0 atom stereocenters. The van der Waals surface area contributed by atoms with E-state index in [1.54, 1.807) is 37.4 Å². The lowest BCUT2D eigenvalue weighted by Crippen LogP contribution is -2.24. The van der Waals surface area contributed by atoms with E-state index < -0.39 is 4.92 Å². The maximum atomic E-state index is 11.7. The number of nitro benzene ring substituents is 1. The van der Waals surface area contributed by atoms with Crippen LogP contribution in [0.3, 0.4) is 0 Å². The fourth-order valence-electron chi connectivity index (χ4n) is 2.08. The Morgan fingerprint density at radius 2 is 1.91 bits per heavy atom. The van der Waals surface area contributed by atoms with Crippen molar-refractivity contribution in [2.75, 3.05) is 7.05 Å². The third-order valence-corrected chi connectivity index (χ3v) is 3.23. The molecule has 1 aromatic heterocycles. The molecule has 8 heteroatoms. The highest BCUT2D eigenvalue weighted by Crippen LogP contribution is 2.25. The van der Waals surface area contributed by atoms with E-state index in [1.165, 1.54) is 12.1 Å². The van der Waals surface area contributed by atoms with Gasteiger partial charge in [-0.25, -0.2) is 0 Å². The number of rotatable bonds is 3. The average Bonchev–Trinajstić information content (AvgIpc) is 3.15. The number of nitro groups is 1. The second-order valence-electron chi connectivity index (χ2n) is 4.72. The largest absolute Gasteiger partial charge is 0.457 e. The topological polar surface area (TPSA) is 110 Å². The summed E-state index contributed by atoms with van der Waals surface area (Å²) in [5, 5.41) is 16.0. The molecule has 0 spiro atoms. The van der Waals surface area contributed by atoms with E-state index in [2.05, 4.69) is 15.6 Å². The summed E-state index contributed by atoms with van der Waals surface area (Å²) in [5.74, 6) is 1.12. The summed E-state index contributed by atoms with van der Waals surface area (Å²) in [5.41, 5.74) is 1.05. The molecule has 8 nitrogen and oxygen atoms in total. The van der Waals surface area contributed by atoms with Crippen LogP contribution < -0.4 is 10.6 Å². The second kappa shape index (κ2) is 5.76. The molecule has 0 radical (unpaired) electrons. The van der Waals surface area contributed by atoms with Gasteiger partial charge in [-0.05, 0) is 24.3 Å². The number of nitrogens with zero attached hydrogens (tertiary/aromatic N) is 2. The zero-order valence-corrected chi connectivity index (χ0v) is 12.1. The van der Waals surface area contributed by atoms with Crippen molar-refractivity contribution in [2.24, 2.45) is 4.99 Å². The number of furan rings is 1. The summed E-state index contributed by atoms with van der Waals surface area (Å²) in [6, 6.07) is 9.47. The number of carbonyl (C=O) groups is 1. The number of guanidine groups is 1. The third-order valence-electron chi connectivity index (χ3n) is 3.23. The Kier molecular flexibility index (Phi) is 3.63. The highest BCUT2D eigenvalue weighted by atomic mass is 16.6. The van der Waals surface area contributed by atoms with Gasteiger partial charge in [0.05, 0.1) is 4.92 Å². The van der Waals surface area contributed by atoms with Gasteiger partial charge in [0, 0.05) is 30.8 Å². The summed E-state index contributed by atoms with van der Waals surface area (Å²) < 4.78 is 5.64. The Labute approximate surface area is 130 Å². The van der Waals surface area contributed by atoms with Gasteiger partial charge < -0.3 is 9.73 Å². The monoisotopic (exact) mass is 312 g/mol. The Morgan fingerprint density at radius 3 is 2.52 bits per heavy atom. The highest BCUT2D eigenvalue weighted by Gasteiger charge is 2.21. The number of aliphatic imine (C=N–C) groups is 1. The molecule has 23 heavy (non-hydrogen) atoms. The fourth-order valence-corrected chi connectivity index (χ4v) is 2.08. The van der Waals surface area contributed by atoms with Crippen LogP contribution >= 0.6 is 0 Å². The zero-order valence-electron chi connectivity index (χ0n) is 12.1. The first-order chi connectivity index (χ1) is 11.1. The molecular weight excluding hydrogens is 300 g/mol. The van der Waals surface area contributed by atoms with Crippen LogP contribution in [-0.4, -0.2) is 23.8 Å². The van der Waals surface area contributed by atoms with Crippen LogP contribution in [0.1, 0.15) is 5.76 Å². The van der Waals surface area contributed by atoms with Gasteiger partial charge in [0.1, 0.15) is 17.2 Å². The highest BCUT2D eigenvalue weighted by molar-refractivity contribution is 6.15. The molecule has 1 aromatic carbocycles.